The highest BCUT2D eigenvalue weighted by Gasteiger charge is 2.13. The minimum absolute atomic E-state index is 0.198. The zero-order valence-electron chi connectivity index (χ0n) is 14.4. The molecule has 1 aliphatic rings. The first-order chi connectivity index (χ1) is 12.6. The predicted molar refractivity (Wildman–Crippen MR) is 95.5 cm³/mol. The van der Waals surface area contributed by atoms with Crippen LogP contribution in [0.3, 0.4) is 0 Å². The number of ether oxygens (including phenoxy) is 3. The molecule has 1 aliphatic heterocycles. The molecule has 0 N–H and O–H groups in total. The third-order valence-corrected chi connectivity index (χ3v) is 3.83. The molecule has 0 saturated carbocycles. The molecule has 0 atom stereocenters. The molecule has 3 rings (SSSR count). The van der Waals surface area contributed by atoms with Crippen LogP contribution < -0.4 is 9.47 Å². The molecule has 0 radical (unpaired) electrons. The Bertz CT molecular complexity index is 816. The summed E-state index contributed by atoms with van der Waals surface area (Å²) in [6, 6.07) is 15.0. The van der Waals surface area contributed by atoms with Crippen LogP contribution in [0.1, 0.15) is 11.1 Å². The Labute approximate surface area is 151 Å². The van der Waals surface area contributed by atoms with E-state index in [0.717, 1.165) is 11.1 Å². The van der Waals surface area contributed by atoms with Crippen LogP contribution in [0.2, 0.25) is 0 Å². The van der Waals surface area contributed by atoms with Crippen molar-refractivity contribution in [3.05, 3.63) is 65.7 Å². The van der Waals surface area contributed by atoms with Crippen LogP contribution in [-0.2, 0) is 20.9 Å². The Kier molecular flexibility index (Phi) is 5.53. The first-order valence-corrected chi connectivity index (χ1v) is 8.14. The van der Waals surface area contributed by atoms with E-state index in [9.17, 15) is 9.59 Å². The van der Waals surface area contributed by atoms with Gasteiger partial charge in [-0.05, 0) is 29.3 Å². The van der Waals surface area contributed by atoms with Crippen LogP contribution in [0.5, 0.6) is 11.5 Å². The highest BCUT2D eigenvalue weighted by molar-refractivity contribution is 5.89. The zero-order valence-corrected chi connectivity index (χ0v) is 14.4. The van der Waals surface area contributed by atoms with Gasteiger partial charge in [0.05, 0.1) is 0 Å². The largest absolute Gasteiger partial charge is 0.454 e. The van der Waals surface area contributed by atoms with Crippen molar-refractivity contribution in [1.82, 2.24) is 4.90 Å². The minimum atomic E-state index is -0.580. The summed E-state index contributed by atoms with van der Waals surface area (Å²) in [6.45, 7) is 0.362. The van der Waals surface area contributed by atoms with Gasteiger partial charge in [-0.2, -0.15) is 0 Å². The van der Waals surface area contributed by atoms with E-state index in [0.29, 0.717) is 18.0 Å². The van der Waals surface area contributed by atoms with Crippen molar-refractivity contribution in [2.24, 2.45) is 0 Å². The average molecular weight is 353 g/mol. The van der Waals surface area contributed by atoms with Crippen LogP contribution in [0, 0.1) is 0 Å². The molecule has 1 amide bonds. The van der Waals surface area contributed by atoms with Gasteiger partial charge in [0.2, 0.25) is 6.79 Å². The Morgan fingerprint density at radius 3 is 2.69 bits per heavy atom. The third kappa shape index (κ3) is 4.63. The predicted octanol–water partition coefficient (Wildman–Crippen LogP) is 2.63. The highest BCUT2D eigenvalue weighted by Crippen LogP contribution is 2.32. The summed E-state index contributed by atoms with van der Waals surface area (Å²) < 4.78 is 15.5. The minimum Gasteiger partial charge on any atom is -0.454 e. The number of carbonyl (C=O) groups is 2. The lowest BCUT2D eigenvalue weighted by molar-refractivity contribution is -0.147. The number of nitrogens with zero attached hydrogens (tertiary/aromatic N) is 1. The van der Waals surface area contributed by atoms with Gasteiger partial charge >= 0.3 is 5.97 Å². The molecule has 134 valence electrons. The number of esters is 1. The van der Waals surface area contributed by atoms with E-state index in [4.69, 9.17) is 14.2 Å². The van der Waals surface area contributed by atoms with E-state index in [1.807, 2.05) is 30.3 Å². The van der Waals surface area contributed by atoms with Gasteiger partial charge < -0.3 is 19.1 Å². The lowest BCUT2D eigenvalue weighted by atomic mass is 10.2. The molecule has 6 heteroatoms. The van der Waals surface area contributed by atoms with E-state index in [-0.39, 0.29) is 19.3 Å². The van der Waals surface area contributed by atoms with Crippen LogP contribution in [0.25, 0.3) is 6.08 Å². The highest BCUT2D eigenvalue weighted by atomic mass is 16.7. The second kappa shape index (κ2) is 8.20. The summed E-state index contributed by atoms with van der Waals surface area (Å²) >= 11 is 0. The van der Waals surface area contributed by atoms with Crippen molar-refractivity contribution >= 4 is 18.0 Å². The zero-order chi connectivity index (χ0) is 18.4. The molecule has 0 fully saturated rings. The number of benzene rings is 2. The summed E-state index contributed by atoms with van der Waals surface area (Å²) in [5, 5.41) is 0. The van der Waals surface area contributed by atoms with Crippen molar-refractivity contribution in [3.63, 3.8) is 0 Å². The van der Waals surface area contributed by atoms with Crippen LogP contribution in [0.15, 0.2) is 54.6 Å². The van der Waals surface area contributed by atoms with Crippen molar-refractivity contribution in [2.45, 2.75) is 6.54 Å². The molecular formula is C20H19NO5. The first kappa shape index (κ1) is 17.5. The smallest absolute Gasteiger partial charge is 0.331 e. The van der Waals surface area contributed by atoms with Gasteiger partial charge in [-0.25, -0.2) is 4.79 Å². The fourth-order valence-corrected chi connectivity index (χ4v) is 2.42. The second-order valence-corrected chi connectivity index (χ2v) is 5.79. The number of rotatable bonds is 6. The Balaban J connectivity index is 1.46. The molecule has 6 nitrogen and oxygen atoms in total. The Morgan fingerprint density at radius 2 is 1.88 bits per heavy atom. The second-order valence-electron chi connectivity index (χ2n) is 5.79. The van der Waals surface area contributed by atoms with E-state index >= 15 is 0 Å². The van der Waals surface area contributed by atoms with Crippen molar-refractivity contribution in [1.29, 1.82) is 0 Å². The fraction of sp³-hybridized carbons (Fsp3) is 0.200. The normalized spacial score (nSPS) is 12.2. The maximum Gasteiger partial charge on any atom is 0.331 e. The number of hydrogen-bond acceptors (Lipinski definition) is 5. The standard InChI is InChI=1S/C20H19NO5/c1-21(12-16-5-3-2-4-6-16)19(22)13-24-20(23)10-8-15-7-9-17-18(11-15)26-14-25-17/h2-11H,12-14H2,1H3/b10-8+. The molecule has 2 aromatic carbocycles. The first-order valence-electron chi connectivity index (χ1n) is 8.14. The van der Waals surface area contributed by atoms with E-state index < -0.39 is 5.97 Å². The lowest BCUT2D eigenvalue weighted by Crippen LogP contribution is -2.30. The van der Waals surface area contributed by atoms with Crippen molar-refractivity contribution < 1.29 is 23.8 Å². The quantitative estimate of drug-likeness (QED) is 0.590. The van der Waals surface area contributed by atoms with Gasteiger partial charge in [-0.3, -0.25) is 4.79 Å². The van der Waals surface area contributed by atoms with Crippen LogP contribution in [0.4, 0.5) is 0 Å². The number of fused-ring (bicyclic) bond motifs is 1. The average Bonchev–Trinajstić information content (AvgIpc) is 3.13. The summed E-state index contributed by atoms with van der Waals surface area (Å²) in [4.78, 5) is 25.4. The van der Waals surface area contributed by atoms with Gasteiger partial charge in [-0.1, -0.05) is 36.4 Å². The summed E-state index contributed by atoms with van der Waals surface area (Å²) in [5.74, 6) is 0.470. The maximum absolute atomic E-state index is 12.0. The molecule has 1 heterocycles. The van der Waals surface area contributed by atoms with Crippen molar-refractivity contribution in [3.8, 4) is 11.5 Å². The van der Waals surface area contributed by atoms with Gasteiger partial charge in [0.1, 0.15) is 0 Å². The number of hydrogen-bond donors (Lipinski definition) is 0. The molecule has 2 aromatic rings. The van der Waals surface area contributed by atoms with E-state index in [2.05, 4.69) is 0 Å². The van der Waals surface area contributed by atoms with Crippen molar-refractivity contribution in [2.75, 3.05) is 20.4 Å². The topological polar surface area (TPSA) is 65.1 Å². The summed E-state index contributed by atoms with van der Waals surface area (Å²) in [7, 11) is 1.67. The monoisotopic (exact) mass is 353 g/mol. The number of likely N-dealkylation sites (N-methyl/N-ethyl adjacent to an activating group) is 1. The van der Waals surface area contributed by atoms with Gasteiger partial charge in [0.25, 0.3) is 5.91 Å². The molecule has 0 aromatic heterocycles. The van der Waals surface area contributed by atoms with E-state index in [1.165, 1.54) is 11.0 Å². The Morgan fingerprint density at radius 1 is 1.12 bits per heavy atom. The molecule has 0 unspecified atom stereocenters. The molecular weight excluding hydrogens is 334 g/mol. The molecule has 0 aliphatic carbocycles. The fourth-order valence-electron chi connectivity index (χ4n) is 2.42. The summed E-state index contributed by atoms with van der Waals surface area (Å²) in [6.07, 6.45) is 2.88. The molecule has 0 saturated heterocycles. The van der Waals surface area contributed by atoms with Gasteiger partial charge in [0, 0.05) is 19.7 Å². The number of carbonyl (C=O) groups excluding carboxylic acids is 2. The SMILES string of the molecule is CN(Cc1ccccc1)C(=O)COC(=O)/C=C/c1ccc2c(c1)OCO2. The summed E-state index contributed by atoms with van der Waals surface area (Å²) in [5.41, 5.74) is 1.79. The lowest BCUT2D eigenvalue weighted by Gasteiger charge is -2.16. The maximum atomic E-state index is 12.0. The Hall–Kier alpha value is -3.28. The van der Waals surface area contributed by atoms with Crippen LogP contribution in [-0.4, -0.2) is 37.2 Å². The van der Waals surface area contributed by atoms with Gasteiger partial charge in [-0.15, -0.1) is 0 Å². The third-order valence-electron chi connectivity index (χ3n) is 3.83. The van der Waals surface area contributed by atoms with Gasteiger partial charge in [0.15, 0.2) is 18.1 Å². The van der Waals surface area contributed by atoms with E-state index in [1.54, 1.807) is 31.3 Å². The number of amides is 1. The molecule has 0 spiro atoms. The molecule has 0 bridgehead atoms. The molecule has 26 heavy (non-hydrogen) atoms. The van der Waals surface area contributed by atoms with Crippen LogP contribution >= 0.6 is 0 Å².